The maximum absolute atomic E-state index is 14.9. The van der Waals surface area contributed by atoms with Crippen molar-refractivity contribution in [2.75, 3.05) is 7.11 Å². The van der Waals surface area contributed by atoms with Crippen molar-refractivity contribution in [3.05, 3.63) is 93.2 Å². The monoisotopic (exact) mass is 607 g/mol. The molecule has 1 aromatic heterocycles. The van der Waals surface area contributed by atoms with Gasteiger partial charge in [-0.2, -0.15) is 5.26 Å². The molecule has 0 saturated heterocycles. The van der Waals surface area contributed by atoms with Gasteiger partial charge in [0, 0.05) is 20.1 Å². The summed E-state index contributed by atoms with van der Waals surface area (Å²) in [5, 5.41) is 9.89. The molecule has 2 heterocycles. The van der Waals surface area contributed by atoms with Crippen LogP contribution in [0.15, 0.2) is 55.7 Å². The fourth-order valence-electron chi connectivity index (χ4n) is 3.67. The van der Waals surface area contributed by atoms with E-state index in [1.807, 2.05) is 6.07 Å². The number of nitriles is 1. The third-order valence-electron chi connectivity index (χ3n) is 5.19. The van der Waals surface area contributed by atoms with Gasteiger partial charge < -0.3 is 10.5 Å². The summed E-state index contributed by atoms with van der Waals surface area (Å²) in [6.45, 7) is 0. The number of benzene rings is 2. The van der Waals surface area contributed by atoms with Crippen molar-refractivity contribution in [2.45, 2.75) is 5.92 Å². The minimum absolute atomic E-state index is 0.00457. The van der Waals surface area contributed by atoms with Gasteiger partial charge in [0.25, 0.3) is 5.56 Å². The SMILES string of the molecule is COC(=O)C1=c2s/c(=C/c3cc(Br)ccc3F)c(=O)n2C(N)=C(C#N)C1c1cc(Br)ccc1F. The van der Waals surface area contributed by atoms with Crippen molar-refractivity contribution in [1.29, 1.82) is 5.26 Å². The van der Waals surface area contributed by atoms with Gasteiger partial charge in [0.05, 0.1) is 34.8 Å². The quantitative estimate of drug-likeness (QED) is 0.460. The first kappa shape index (κ1) is 24.1. The van der Waals surface area contributed by atoms with E-state index in [1.54, 1.807) is 0 Å². The van der Waals surface area contributed by atoms with Gasteiger partial charge in [-0.15, -0.1) is 11.3 Å². The zero-order valence-corrected chi connectivity index (χ0v) is 21.2. The smallest absolute Gasteiger partial charge is 0.337 e. The van der Waals surface area contributed by atoms with Crippen LogP contribution >= 0.6 is 43.2 Å². The number of nitrogens with zero attached hydrogens (tertiary/aromatic N) is 2. The van der Waals surface area contributed by atoms with E-state index in [-0.39, 0.29) is 37.3 Å². The van der Waals surface area contributed by atoms with Gasteiger partial charge >= 0.3 is 5.97 Å². The number of hydrogen-bond acceptors (Lipinski definition) is 6. The first-order valence-corrected chi connectivity index (χ1v) is 11.9. The number of thiazole rings is 1. The Balaban J connectivity index is 2.15. The summed E-state index contributed by atoms with van der Waals surface area (Å²) in [5.41, 5.74) is 5.38. The lowest BCUT2D eigenvalue weighted by Crippen LogP contribution is -2.40. The van der Waals surface area contributed by atoms with Crippen molar-refractivity contribution in [3.8, 4) is 6.07 Å². The Labute approximate surface area is 212 Å². The summed E-state index contributed by atoms with van der Waals surface area (Å²) in [6.07, 6.45) is 1.32. The Morgan fingerprint density at radius 2 is 1.85 bits per heavy atom. The minimum Gasteiger partial charge on any atom is -0.466 e. The average molecular weight is 609 g/mol. The van der Waals surface area contributed by atoms with Crippen LogP contribution in [-0.2, 0) is 9.53 Å². The third-order valence-corrected chi connectivity index (χ3v) is 7.28. The van der Waals surface area contributed by atoms with Crippen LogP contribution in [0.1, 0.15) is 17.0 Å². The van der Waals surface area contributed by atoms with Crippen molar-refractivity contribution >= 4 is 66.6 Å². The van der Waals surface area contributed by atoms with Crippen molar-refractivity contribution < 1.29 is 18.3 Å². The van der Waals surface area contributed by atoms with Gasteiger partial charge in [0.15, 0.2) is 0 Å². The van der Waals surface area contributed by atoms with E-state index < -0.39 is 29.1 Å². The van der Waals surface area contributed by atoms with Gasteiger partial charge in [-0.3, -0.25) is 9.36 Å². The lowest BCUT2D eigenvalue weighted by molar-refractivity contribution is -0.134. The summed E-state index contributed by atoms with van der Waals surface area (Å²) in [6, 6.07) is 10.2. The molecule has 0 bridgehead atoms. The molecule has 0 radical (unpaired) electrons. The second-order valence-electron chi connectivity index (χ2n) is 7.14. The van der Waals surface area contributed by atoms with Crippen molar-refractivity contribution in [2.24, 2.45) is 5.73 Å². The Morgan fingerprint density at radius 1 is 1.21 bits per heavy atom. The molecular formula is C23H13Br2F2N3O3S. The van der Waals surface area contributed by atoms with E-state index in [4.69, 9.17) is 10.5 Å². The Morgan fingerprint density at radius 3 is 2.50 bits per heavy atom. The third kappa shape index (κ3) is 4.02. The molecule has 34 heavy (non-hydrogen) atoms. The predicted molar refractivity (Wildman–Crippen MR) is 131 cm³/mol. The molecule has 4 rings (SSSR count). The second kappa shape index (κ2) is 9.29. The average Bonchev–Trinajstić information content (AvgIpc) is 3.13. The van der Waals surface area contributed by atoms with Gasteiger partial charge in [-0.05, 0) is 42.5 Å². The zero-order chi connectivity index (χ0) is 24.7. The molecule has 11 heteroatoms. The number of hydrogen-bond donors (Lipinski definition) is 1. The topological polar surface area (TPSA) is 98.1 Å². The highest BCUT2D eigenvalue weighted by Crippen LogP contribution is 2.38. The highest BCUT2D eigenvalue weighted by Gasteiger charge is 2.37. The number of allylic oxidation sites excluding steroid dienone is 1. The van der Waals surface area contributed by atoms with Gasteiger partial charge in [0.2, 0.25) is 0 Å². The maximum Gasteiger partial charge on any atom is 0.337 e. The maximum atomic E-state index is 14.9. The minimum atomic E-state index is -1.22. The fraction of sp³-hybridized carbons (Fsp3) is 0.0870. The molecule has 2 aromatic carbocycles. The molecule has 0 aliphatic carbocycles. The van der Waals surface area contributed by atoms with Crippen LogP contribution in [0.3, 0.4) is 0 Å². The normalized spacial score (nSPS) is 15.8. The molecule has 0 fully saturated rings. The number of ether oxygens (including phenoxy) is 1. The Hall–Kier alpha value is -3.07. The van der Waals surface area contributed by atoms with Crippen LogP contribution in [0.5, 0.6) is 0 Å². The molecule has 0 saturated carbocycles. The standard InChI is InChI=1S/C23H13Br2F2N3O3S/c1-33-23(32)19-18(13-8-12(25)3-5-16(13)27)14(9-28)20(29)30-21(31)17(34-22(19)30)7-10-6-11(24)2-4-15(10)26/h2-8,18H,29H2,1H3/b17-7+. The Kier molecular flexibility index (Phi) is 6.58. The summed E-state index contributed by atoms with van der Waals surface area (Å²) < 4.78 is 36.4. The molecule has 3 aromatic rings. The molecule has 6 nitrogen and oxygen atoms in total. The lowest BCUT2D eigenvalue weighted by atomic mass is 9.83. The van der Waals surface area contributed by atoms with Crippen LogP contribution in [0.2, 0.25) is 0 Å². The molecule has 1 aliphatic heterocycles. The number of carbonyl (C=O) groups is 1. The molecular weight excluding hydrogens is 596 g/mol. The molecule has 1 atom stereocenters. The first-order valence-electron chi connectivity index (χ1n) is 9.54. The van der Waals surface area contributed by atoms with Crippen molar-refractivity contribution in [3.63, 3.8) is 0 Å². The molecule has 172 valence electrons. The summed E-state index contributed by atoms with van der Waals surface area (Å²) in [5.74, 6) is -3.56. The fourth-order valence-corrected chi connectivity index (χ4v) is 5.58. The van der Waals surface area contributed by atoms with Crippen LogP contribution in [0.25, 0.3) is 17.5 Å². The van der Waals surface area contributed by atoms with Crippen LogP contribution < -0.4 is 20.5 Å². The number of aromatic nitrogens is 1. The Bertz CT molecular complexity index is 1620. The van der Waals surface area contributed by atoms with E-state index in [1.165, 1.54) is 42.5 Å². The second-order valence-corrected chi connectivity index (χ2v) is 10.00. The lowest BCUT2D eigenvalue weighted by Gasteiger charge is -2.24. The number of carbonyl (C=O) groups excluding carboxylic acids is 1. The molecule has 1 unspecified atom stereocenters. The molecule has 2 N–H and O–H groups in total. The molecule has 1 aliphatic rings. The number of fused-ring (bicyclic) bond motifs is 1. The van der Waals surface area contributed by atoms with Crippen LogP contribution in [-0.4, -0.2) is 17.6 Å². The van der Waals surface area contributed by atoms with Crippen LogP contribution in [0.4, 0.5) is 8.78 Å². The van der Waals surface area contributed by atoms with Gasteiger partial charge in [0.1, 0.15) is 22.1 Å². The summed E-state index contributed by atoms with van der Waals surface area (Å²) in [4.78, 5) is 26.1. The van der Waals surface area contributed by atoms with E-state index >= 15 is 0 Å². The molecule has 0 spiro atoms. The van der Waals surface area contributed by atoms with Crippen LogP contribution in [0, 0.1) is 23.0 Å². The number of esters is 1. The van der Waals surface area contributed by atoms with E-state index in [0.29, 0.717) is 8.95 Å². The first-order chi connectivity index (χ1) is 16.2. The number of rotatable bonds is 3. The van der Waals surface area contributed by atoms with Crippen molar-refractivity contribution in [1.82, 2.24) is 4.57 Å². The summed E-state index contributed by atoms with van der Waals surface area (Å²) >= 11 is 7.40. The predicted octanol–water partition coefficient (Wildman–Crippen LogP) is 3.31. The van der Waals surface area contributed by atoms with E-state index in [0.717, 1.165) is 23.0 Å². The van der Waals surface area contributed by atoms with E-state index in [9.17, 15) is 23.6 Å². The summed E-state index contributed by atoms with van der Waals surface area (Å²) in [7, 11) is 1.14. The van der Waals surface area contributed by atoms with E-state index in [2.05, 4.69) is 31.9 Å². The van der Waals surface area contributed by atoms with Gasteiger partial charge in [-0.25, -0.2) is 13.6 Å². The number of halogens is 4. The number of nitrogens with two attached hydrogens (primary N) is 1. The molecule has 0 amide bonds. The zero-order valence-electron chi connectivity index (χ0n) is 17.2. The van der Waals surface area contributed by atoms with Gasteiger partial charge in [-0.1, -0.05) is 31.9 Å². The largest absolute Gasteiger partial charge is 0.466 e. The highest BCUT2D eigenvalue weighted by atomic mass is 79.9. The number of methoxy groups -OCH3 is 1. The highest BCUT2D eigenvalue weighted by molar-refractivity contribution is 9.10.